The maximum atomic E-state index is 13.5. The zero-order valence-electron chi connectivity index (χ0n) is 19.0. The molecule has 5 atom stereocenters. The second-order valence-corrected chi connectivity index (χ2v) is 10.5. The predicted octanol–water partition coefficient (Wildman–Crippen LogP) is 1.20. The average Bonchev–Trinajstić information content (AvgIpc) is 2.78. The topological polar surface area (TPSA) is 142 Å². The first-order chi connectivity index (χ1) is 16.3. The van der Waals surface area contributed by atoms with E-state index in [-0.39, 0.29) is 11.3 Å². The van der Waals surface area contributed by atoms with Crippen LogP contribution < -0.4 is 10.1 Å². The molecule has 35 heavy (non-hydrogen) atoms. The fraction of sp³-hybridized carbons (Fsp3) is 0.435. The number of amides is 1. The van der Waals surface area contributed by atoms with Gasteiger partial charge in [0.2, 0.25) is 22.0 Å². The number of halogens is 2. The predicted molar refractivity (Wildman–Crippen MR) is 121 cm³/mol. The molecule has 2 unspecified atom stereocenters. The Balaban J connectivity index is 1.94. The van der Waals surface area contributed by atoms with Gasteiger partial charge in [-0.05, 0) is 23.3 Å². The molecule has 3 rings (SSSR count). The average molecular weight is 516 g/mol. The molecule has 1 heterocycles. The van der Waals surface area contributed by atoms with E-state index in [0.29, 0.717) is 18.1 Å². The minimum Gasteiger partial charge on any atom is -0.462 e. The molecule has 1 fully saturated rings. The number of carbonyl (C=O) groups is 1. The number of hydrogen-bond acceptors (Lipinski definition) is 8. The van der Waals surface area contributed by atoms with Gasteiger partial charge in [0.25, 0.3) is 0 Å². The number of aliphatic hydroxyl groups is 3. The van der Waals surface area contributed by atoms with Gasteiger partial charge in [-0.2, -0.15) is 8.78 Å². The summed E-state index contributed by atoms with van der Waals surface area (Å²) in [4.78, 5) is 11.7. The quantitative estimate of drug-likeness (QED) is 0.411. The number of aliphatic hydroxyl groups excluding tert-OH is 3. The summed E-state index contributed by atoms with van der Waals surface area (Å²) in [6.07, 6.45) is -5.48. The monoisotopic (exact) mass is 515 g/mol. The van der Waals surface area contributed by atoms with Crippen LogP contribution in [0.3, 0.4) is 0 Å². The number of rotatable bonds is 8. The summed E-state index contributed by atoms with van der Waals surface area (Å²) in [5, 5.41) is 28.7. The van der Waals surface area contributed by atoms with Crippen molar-refractivity contribution in [2.24, 2.45) is 0 Å². The number of alkyl halides is 2. The SMILES string of the molecule is CC(=O)NC1[C@H](Oc2ccccc2-c2cccc(CS(=O)(=O)C(C)(F)F)c2)OC(CO)[C@H](O)[C@@H]1O. The summed E-state index contributed by atoms with van der Waals surface area (Å²) in [6.45, 7) is 0.919. The standard InChI is InChI=1S/C23H27F2NO8S/c1-13(28)26-19-21(30)20(29)18(11-27)34-22(19)33-17-9-4-3-8-16(17)15-7-5-6-14(10-15)12-35(31,32)23(2,24)25/h3-10,18-22,27,29-30H,11-12H2,1-2H3,(H,26,28)/t18?,19?,20-,21+,22+/m0/s1. The maximum Gasteiger partial charge on any atom is 0.343 e. The van der Waals surface area contributed by atoms with E-state index < -0.39 is 64.0 Å². The molecule has 192 valence electrons. The van der Waals surface area contributed by atoms with Gasteiger partial charge >= 0.3 is 5.25 Å². The smallest absolute Gasteiger partial charge is 0.343 e. The van der Waals surface area contributed by atoms with E-state index in [9.17, 15) is 37.3 Å². The summed E-state index contributed by atoms with van der Waals surface area (Å²) in [7, 11) is -4.72. The fourth-order valence-corrected chi connectivity index (χ4v) is 4.55. The number of benzene rings is 2. The van der Waals surface area contributed by atoms with E-state index in [1.54, 1.807) is 30.3 Å². The molecule has 2 aromatic carbocycles. The number of para-hydroxylation sites is 1. The second kappa shape index (κ2) is 10.5. The van der Waals surface area contributed by atoms with Gasteiger partial charge in [-0.15, -0.1) is 0 Å². The Bertz CT molecular complexity index is 1150. The molecule has 1 aliphatic heterocycles. The molecule has 9 nitrogen and oxygen atoms in total. The second-order valence-electron chi connectivity index (χ2n) is 8.31. The summed E-state index contributed by atoms with van der Waals surface area (Å²) < 4.78 is 62.4. The first kappa shape index (κ1) is 27.0. The van der Waals surface area contributed by atoms with Gasteiger partial charge in [0.15, 0.2) is 0 Å². The number of nitrogens with one attached hydrogen (secondary N) is 1. The zero-order valence-corrected chi connectivity index (χ0v) is 19.8. The van der Waals surface area contributed by atoms with Crippen molar-refractivity contribution in [2.75, 3.05) is 6.61 Å². The van der Waals surface area contributed by atoms with Crippen molar-refractivity contribution in [1.82, 2.24) is 5.32 Å². The number of hydrogen-bond donors (Lipinski definition) is 4. The van der Waals surface area contributed by atoms with Gasteiger partial charge in [-0.25, -0.2) is 8.42 Å². The van der Waals surface area contributed by atoms with Crippen molar-refractivity contribution in [1.29, 1.82) is 0 Å². The summed E-state index contributed by atoms with van der Waals surface area (Å²) in [5.74, 6) is -1.18. The van der Waals surface area contributed by atoms with Crippen LogP contribution in [0.2, 0.25) is 0 Å². The van der Waals surface area contributed by atoms with Gasteiger partial charge in [0.05, 0.1) is 12.4 Å². The van der Waals surface area contributed by atoms with E-state index in [1.807, 2.05) is 0 Å². The highest BCUT2D eigenvalue weighted by Crippen LogP contribution is 2.34. The minimum absolute atomic E-state index is 0.141. The largest absolute Gasteiger partial charge is 0.462 e. The summed E-state index contributed by atoms with van der Waals surface area (Å²) >= 11 is 0. The molecular weight excluding hydrogens is 488 g/mol. The lowest BCUT2D eigenvalue weighted by Crippen LogP contribution is -2.65. The first-order valence-corrected chi connectivity index (χ1v) is 12.3. The third-order valence-corrected chi connectivity index (χ3v) is 7.33. The van der Waals surface area contributed by atoms with Gasteiger partial charge in [-0.3, -0.25) is 4.79 Å². The van der Waals surface area contributed by atoms with Crippen LogP contribution in [0.15, 0.2) is 48.5 Å². The zero-order chi connectivity index (χ0) is 26.0. The van der Waals surface area contributed by atoms with Crippen LogP contribution in [-0.2, 0) is 25.1 Å². The highest BCUT2D eigenvalue weighted by Gasteiger charge is 2.46. The third kappa shape index (κ3) is 6.14. The fourth-order valence-electron chi connectivity index (χ4n) is 3.68. The van der Waals surface area contributed by atoms with E-state index in [4.69, 9.17) is 9.47 Å². The number of carbonyl (C=O) groups excluding carboxylic acids is 1. The first-order valence-electron chi connectivity index (χ1n) is 10.7. The Morgan fingerprint density at radius 2 is 1.83 bits per heavy atom. The van der Waals surface area contributed by atoms with E-state index >= 15 is 0 Å². The van der Waals surface area contributed by atoms with E-state index in [1.165, 1.54) is 25.1 Å². The lowest BCUT2D eigenvalue weighted by atomic mass is 9.96. The van der Waals surface area contributed by atoms with Crippen LogP contribution in [0.4, 0.5) is 8.78 Å². The molecule has 4 N–H and O–H groups in total. The molecule has 2 aromatic rings. The summed E-state index contributed by atoms with van der Waals surface area (Å²) in [5.41, 5.74) is 1.04. The van der Waals surface area contributed by atoms with Crippen molar-refractivity contribution < 1.29 is 46.8 Å². The van der Waals surface area contributed by atoms with Crippen LogP contribution in [0.25, 0.3) is 11.1 Å². The number of ether oxygens (including phenoxy) is 2. The van der Waals surface area contributed by atoms with Gasteiger partial charge in [0, 0.05) is 19.4 Å². The molecule has 0 bridgehead atoms. The third-order valence-electron chi connectivity index (χ3n) is 5.52. The minimum atomic E-state index is -4.72. The van der Waals surface area contributed by atoms with Crippen LogP contribution in [-0.4, -0.2) is 72.1 Å². The molecule has 0 saturated carbocycles. The van der Waals surface area contributed by atoms with Crippen molar-refractivity contribution in [3.8, 4) is 16.9 Å². The molecule has 1 aliphatic rings. The maximum absolute atomic E-state index is 13.5. The van der Waals surface area contributed by atoms with Crippen molar-refractivity contribution in [3.63, 3.8) is 0 Å². The summed E-state index contributed by atoms with van der Waals surface area (Å²) in [6, 6.07) is 11.3. The molecule has 0 aliphatic carbocycles. The van der Waals surface area contributed by atoms with Crippen molar-refractivity contribution in [2.45, 2.75) is 55.5 Å². The Kier molecular flexibility index (Phi) is 8.12. The Labute approximate surface area is 201 Å². The van der Waals surface area contributed by atoms with Gasteiger partial charge in [-0.1, -0.05) is 36.4 Å². The van der Waals surface area contributed by atoms with Crippen LogP contribution in [0.5, 0.6) is 5.75 Å². The van der Waals surface area contributed by atoms with E-state index in [0.717, 1.165) is 0 Å². The molecule has 0 spiro atoms. The van der Waals surface area contributed by atoms with Gasteiger partial charge in [0.1, 0.15) is 30.1 Å². The molecule has 12 heteroatoms. The van der Waals surface area contributed by atoms with E-state index in [2.05, 4.69) is 5.32 Å². The molecule has 1 saturated heterocycles. The Hall–Kier alpha value is -2.64. The molecular formula is C23H27F2NO8S. The molecule has 0 radical (unpaired) electrons. The lowest BCUT2D eigenvalue weighted by Gasteiger charge is -2.42. The van der Waals surface area contributed by atoms with Gasteiger partial charge < -0.3 is 30.1 Å². The van der Waals surface area contributed by atoms with Crippen molar-refractivity contribution in [3.05, 3.63) is 54.1 Å². The molecule has 0 aromatic heterocycles. The Morgan fingerprint density at radius 1 is 1.14 bits per heavy atom. The molecule has 1 amide bonds. The van der Waals surface area contributed by atoms with Crippen LogP contribution >= 0.6 is 0 Å². The van der Waals surface area contributed by atoms with Crippen molar-refractivity contribution >= 4 is 15.7 Å². The Morgan fingerprint density at radius 3 is 2.46 bits per heavy atom. The van der Waals surface area contributed by atoms with Crippen LogP contribution in [0, 0.1) is 0 Å². The van der Waals surface area contributed by atoms with Crippen LogP contribution in [0.1, 0.15) is 19.4 Å². The lowest BCUT2D eigenvalue weighted by molar-refractivity contribution is -0.244. The normalized spacial score (nSPS) is 25.2. The highest BCUT2D eigenvalue weighted by atomic mass is 32.2. The number of sulfone groups is 1. The highest BCUT2D eigenvalue weighted by molar-refractivity contribution is 7.91.